The van der Waals surface area contributed by atoms with Crippen LogP contribution in [0.25, 0.3) is 10.7 Å². The highest BCUT2D eigenvalue weighted by Crippen LogP contribution is 2.25. The molecule has 1 fully saturated rings. The van der Waals surface area contributed by atoms with E-state index in [1.165, 1.54) is 11.3 Å². The van der Waals surface area contributed by atoms with Crippen molar-refractivity contribution in [1.29, 1.82) is 0 Å². The highest BCUT2D eigenvalue weighted by Gasteiger charge is 2.27. The zero-order chi connectivity index (χ0) is 15.4. The summed E-state index contributed by atoms with van der Waals surface area (Å²) in [7, 11) is 0. The van der Waals surface area contributed by atoms with Crippen molar-refractivity contribution in [2.75, 3.05) is 19.6 Å². The van der Waals surface area contributed by atoms with Crippen LogP contribution >= 0.6 is 36.2 Å². The fraction of sp³-hybridized carbons (Fsp3) is 0.438. The van der Waals surface area contributed by atoms with Gasteiger partial charge in [-0.15, -0.1) is 36.2 Å². The molecule has 3 heterocycles. The second-order valence-corrected chi connectivity index (χ2v) is 6.42. The van der Waals surface area contributed by atoms with Gasteiger partial charge in [0.15, 0.2) is 0 Å². The topological polar surface area (TPSA) is 58.1 Å². The molecular formula is C16H22Cl2N4OS. The molecule has 2 aromatic rings. The van der Waals surface area contributed by atoms with Crippen LogP contribution in [0.1, 0.15) is 29.4 Å². The van der Waals surface area contributed by atoms with Gasteiger partial charge in [0.05, 0.1) is 11.9 Å². The Morgan fingerprint density at radius 1 is 1.38 bits per heavy atom. The molecular weight excluding hydrogens is 367 g/mol. The normalized spacial score (nSPS) is 16.1. The van der Waals surface area contributed by atoms with Gasteiger partial charge in [-0.25, -0.2) is 4.98 Å². The van der Waals surface area contributed by atoms with Crippen LogP contribution in [0.3, 0.4) is 0 Å². The lowest BCUT2D eigenvalue weighted by molar-refractivity contribution is 0.0697. The van der Waals surface area contributed by atoms with Gasteiger partial charge in [-0.3, -0.25) is 9.78 Å². The Kier molecular flexibility index (Phi) is 8.62. The Hall–Kier alpha value is -1.21. The average molecular weight is 389 g/mol. The molecule has 0 radical (unpaired) electrons. The lowest BCUT2D eigenvalue weighted by Gasteiger charge is -2.27. The number of rotatable bonds is 5. The van der Waals surface area contributed by atoms with Crippen LogP contribution in [0.15, 0.2) is 30.6 Å². The van der Waals surface area contributed by atoms with Gasteiger partial charge in [-0.05, 0) is 31.5 Å². The highest BCUT2D eigenvalue weighted by molar-refractivity contribution is 7.16. The van der Waals surface area contributed by atoms with Crippen molar-refractivity contribution >= 4 is 42.1 Å². The molecule has 1 N–H and O–H groups in total. The molecule has 1 aliphatic rings. The Balaban J connectivity index is 0.00000144. The van der Waals surface area contributed by atoms with Crippen molar-refractivity contribution in [2.45, 2.75) is 25.8 Å². The molecule has 0 saturated carbocycles. The quantitative estimate of drug-likeness (QED) is 0.853. The average Bonchev–Trinajstić information content (AvgIpc) is 3.24. The number of carbonyl (C=O) groups is 1. The molecule has 24 heavy (non-hydrogen) atoms. The summed E-state index contributed by atoms with van der Waals surface area (Å²) in [5.74, 6) is 0.0928. The zero-order valence-electron chi connectivity index (χ0n) is 13.5. The van der Waals surface area contributed by atoms with Gasteiger partial charge in [0.25, 0.3) is 5.91 Å². The monoisotopic (exact) mass is 388 g/mol. The molecule has 2 aromatic heterocycles. The minimum absolute atomic E-state index is 0. The summed E-state index contributed by atoms with van der Waals surface area (Å²) in [6, 6.07) is 6.02. The molecule has 8 heteroatoms. The summed E-state index contributed by atoms with van der Waals surface area (Å²) >= 11 is 1.42. The third-order valence-corrected chi connectivity index (χ3v) is 4.81. The van der Waals surface area contributed by atoms with E-state index < -0.39 is 0 Å². The minimum Gasteiger partial charge on any atom is -0.334 e. The number of nitrogens with one attached hydrogen (secondary N) is 1. The number of thiazole rings is 1. The number of halogens is 2. The van der Waals surface area contributed by atoms with Crippen LogP contribution in [-0.4, -0.2) is 46.5 Å². The number of nitrogens with zero attached hydrogens (tertiary/aromatic N) is 3. The predicted octanol–water partition coefficient (Wildman–Crippen LogP) is 3.26. The first-order valence-electron chi connectivity index (χ1n) is 7.68. The maximum Gasteiger partial charge on any atom is 0.265 e. The lowest BCUT2D eigenvalue weighted by Crippen LogP contribution is -2.41. The molecule has 3 rings (SSSR count). The van der Waals surface area contributed by atoms with Crippen molar-refractivity contribution in [3.05, 3.63) is 35.5 Å². The molecule has 0 bridgehead atoms. The Morgan fingerprint density at radius 2 is 2.21 bits per heavy atom. The number of hydrogen-bond acceptors (Lipinski definition) is 5. The van der Waals surface area contributed by atoms with Gasteiger partial charge in [-0.2, -0.15) is 0 Å². The van der Waals surface area contributed by atoms with E-state index >= 15 is 0 Å². The summed E-state index contributed by atoms with van der Waals surface area (Å²) in [4.78, 5) is 24.2. The molecule has 0 spiro atoms. The van der Waals surface area contributed by atoms with E-state index in [-0.39, 0.29) is 30.7 Å². The molecule has 1 atom stereocenters. The molecule has 1 saturated heterocycles. The maximum atomic E-state index is 12.8. The number of hydrogen-bond donors (Lipinski definition) is 1. The van der Waals surface area contributed by atoms with E-state index in [0.29, 0.717) is 10.9 Å². The first-order valence-corrected chi connectivity index (χ1v) is 8.50. The molecule has 0 aliphatic carbocycles. The molecule has 1 amide bonds. The van der Waals surface area contributed by atoms with Gasteiger partial charge in [-0.1, -0.05) is 13.0 Å². The van der Waals surface area contributed by atoms with E-state index in [2.05, 4.69) is 22.2 Å². The van der Waals surface area contributed by atoms with Gasteiger partial charge in [0.1, 0.15) is 9.88 Å². The Labute approximate surface area is 158 Å². The summed E-state index contributed by atoms with van der Waals surface area (Å²) < 4.78 is 0. The summed E-state index contributed by atoms with van der Waals surface area (Å²) in [6.07, 6.45) is 5.42. The van der Waals surface area contributed by atoms with Crippen LogP contribution in [-0.2, 0) is 0 Å². The number of amides is 1. The second-order valence-electron chi connectivity index (χ2n) is 5.39. The molecule has 1 unspecified atom stereocenters. The van der Waals surface area contributed by atoms with Gasteiger partial charge >= 0.3 is 0 Å². The molecule has 1 aliphatic heterocycles. The molecule has 5 nitrogen and oxygen atoms in total. The van der Waals surface area contributed by atoms with Crippen molar-refractivity contribution in [3.8, 4) is 10.7 Å². The Morgan fingerprint density at radius 3 is 2.83 bits per heavy atom. The van der Waals surface area contributed by atoms with Crippen LogP contribution in [0.2, 0.25) is 0 Å². The smallest absolute Gasteiger partial charge is 0.265 e. The van der Waals surface area contributed by atoms with Crippen LogP contribution in [0.5, 0.6) is 0 Å². The third-order valence-electron chi connectivity index (χ3n) is 3.80. The van der Waals surface area contributed by atoms with Gasteiger partial charge in [0.2, 0.25) is 0 Å². The highest BCUT2D eigenvalue weighted by atomic mass is 35.5. The van der Waals surface area contributed by atoms with Gasteiger partial charge in [0, 0.05) is 25.3 Å². The summed E-state index contributed by atoms with van der Waals surface area (Å²) in [5.41, 5.74) is 0.816. The van der Waals surface area contributed by atoms with Crippen LogP contribution in [0.4, 0.5) is 0 Å². The van der Waals surface area contributed by atoms with Crippen molar-refractivity contribution in [2.24, 2.45) is 0 Å². The largest absolute Gasteiger partial charge is 0.334 e. The van der Waals surface area contributed by atoms with Gasteiger partial charge < -0.3 is 10.2 Å². The van der Waals surface area contributed by atoms with Crippen molar-refractivity contribution in [3.63, 3.8) is 0 Å². The number of carbonyl (C=O) groups excluding carboxylic acids is 1. The molecule has 0 aromatic carbocycles. The lowest BCUT2D eigenvalue weighted by atomic mass is 10.2. The Bertz CT molecular complexity index is 632. The fourth-order valence-corrected chi connectivity index (χ4v) is 3.57. The van der Waals surface area contributed by atoms with Crippen LogP contribution in [0, 0.1) is 0 Å². The second kappa shape index (κ2) is 9.93. The van der Waals surface area contributed by atoms with E-state index in [1.54, 1.807) is 12.4 Å². The molecule has 132 valence electrons. The summed E-state index contributed by atoms with van der Waals surface area (Å²) in [5, 5.41) is 4.13. The third kappa shape index (κ3) is 4.66. The standard InChI is InChI=1S/C16H20N4OS.2ClH/c1-2-9-20(12-6-8-17-10-12)16(21)14-11-19-15(22-14)13-5-3-4-7-18-13;;/h3-5,7,11-12,17H,2,6,8-10H2,1H3;2*1H. The fourth-order valence-electron chi connectivity index (χ4n) is 2.72. The number of pyridine rings is 1. The van der Waals surface area contributed by atoms with E-state index in [9.17, 15) is 4.79 Å². The van der Waals surface area contributed by atoms with Crippen molar-refractivity contribution < 1.29 is 4.79 Å². The predicted molar refractivity (Wildman–Crippen MR) is 102 cm³/mol. The first-order chi connectivity index (χ1) is 10.8. The number of aromatic nitrogens is 2. The maximum absolute atomic E-state index is 12.8. The van der Waals surface area contributed by atoms with Crippen molar-refractivity contribution in [1.82, 2.24) is 20.2 Å². The van der Waals surface area contributed by atoms with Crippen LogP contribution < -0.4 is 5.32 Å². The summed E-state index contributed by atoms with van der Waals surface area (Å²) in [6.45, 7) is 4.77. The van der Waals surface area contributed by atoms with E-state index in [4.69, 9.17) is 0 Å². The minimum atomic E-state index is 0. The van der Waals surface area contributed by atoms with E-state index in [1.807, 2.05) is 23.1 Å². The SMILES string of the molecule is CCCN(C(=O)c1cnc(-c2ccccn2)s1)C1CCNC1.Cl.Cl. The van der Waals surface area contributed by atoms with E-state index in [0.717, 1.165) is 43.2 Å². The first kappa shape index (κ1) is 20.8. The zero-order valence-corrected chi connectivity index (χ0v) is 15.9.